The molecular formula is C59H45BN2. The molecule has 0 unspecified atom stereocenters. The first-order valence-electron chi connectivity index (χ1n) is 22.1. The Morgan fingerprint density at radius 3 is 1.79 bits per heavy atom. The molecule has 4 aliphatic rings. The first-order chi connectivity index (χ1) is 30.2. The van der Waals surface area contributed by atoms with Crippen molar-refractivity contribution in [1.82, 2.24) is 0 Å². The first-order valence-corrected chi connectivity index (χ1v) is 22.1. The maximum absolute atomic E-state index is 2.72. The minimum atomic E-state index is -0.156. The minimum absolute atomic E-state index is 0.0804. The predicted molar refractivity (Wildman–Crippen MR) is 263 cm³/mol. The van der Waals surface area contributed by atoms with Gasteiger partial charge in [0.05, 0.1) is 0 Å². The number of aryl methyl sites for hydroxylation is 1. The Balaban J connectivity index is 1.14. The molecule has 0 bridgehead atoms. The quantitative estimate of drug-likeness (QED) is 0.164. The van der Waals surface area contributed by atoms with Crippen LogP contribution in [0.2, 0.25) is 0 Å². The topological polar surface area (TPSA) is 6.48 Å². The van der Waals surface area contributed by atoms with E-state index in [1.807, 2.05) is 0 Å². The lowest BCUT2D eigenvalue weighted by Gasteiger charge is -2.46. The van der Waals surface area contributed by atoms with Gasteiger partial charge in [-0.25, -0.2) is 0 Å². The highest BCUT2D eigenvalue weighted by Gasteiger charge is 2.48. The van der Waals surface area contributed by atoms with Gasteiger partial charge in [-0.3, -0.25) is 0 Å². The van der Waals surface area contributed by atoms with Crippen LogP contribution in [-0.4, -0.2) is 6.85 Å². The molecule has 0 amide bonds. The number of hydrogen-bond acceptors (Lipinski definition) is 2. The molecule has 2 aliphatic carbocycles. The summed E-state index contributed by atoms with van der Waals surface area (Å²) < 4.78 is 0. The molecule has 2 aliphatic heterocycles. The third-order valence-corrected chi connectivity index (χ3v) is 14.9. The Bertz CT molecular complexity index is 3380. The van der Waals surface area contributed by atoms with Crippen LogP contribution in [0, 0.1) is 6.92 Å². The third kappa shape index (κ3) is 4.71. The molecule has 13 rings (SSSR count). The predicted octanol–water partition coefficient (Wildman–Crippen LogP) is 14.1. The maximum atomic E-state index is 2.72. The minimum Gasteiger partial charge on any atom is -0.376 e. The highest BCUT2D eigenvalue weighted by atomic mass is 15.2. The SMILES string of the molecule is Cc1cc2c3c(c1)N(c1ccc(-c4ccccc4)cc1)c1cc4c(cc1B3N(c1ccc3c(c1)-c1ccccc1C3(C)C)c1c-2ccc2ccccc12)-c1ccccc1C4(C)C. The van der Waals surface area contributed by atoms with Gasteiger partial charge in [-0.2, -0.15) is 0 Å². The van der Waals surface area contributed by atoms with Crippen LogP contribution >= 0.6 is 0 Å². The molecule has 62 heavy (non-hydrogen) atoms. The Morgan fingerprint density at radius 1 is 0.419 bits per heavy atom. The van der Waals surface area contributed by atoms with Crippen LogP contribution in [-0.2, 0) is 10.8 Å². The second-order valence-corrected chi connectivity index (χ2v) is 19.0. The van der Waals surface area contributed by atoms with Crippen LogP contribution in [0.1, 0.15) is 55.5 Å². The van der Waals surface area contributed by atoms with E-state index in [1.165, 1.54) is 117 Å². The van der Waals surface area contributed by atoms with Crippen LogP contribution in [0.15, 0.2) is 182 Å². The number of fused-ring (bicyclic) bond motifs is 12. The average molecular weight is 793 g/mol. The molecular weight excluding hydrogens is 747 g/mol. The zero-order chi connectivity index (χ0) is 41.6. The van der Waals surface area contributed by atoms with Crippen molar-refractivity contribution in [2.75, 3.05) is 9.71 Å². The molecule has 0 N–H and O–H groups in total. The van der Waals surface area contributed by atoms with Crippen molar-refractivity contribution < 1.29 is 0 Å². The number of anilines is 5. The molecule has 9 aromatic rings. The first kappa shape index (κ1) is 35.6. The van der Waals surface area contributed by atoms with Gasteiger partial charge < -0.3 is 9.71 Å². The van der Waals surface area contributed by atoms with Crippen LogP contribution in [0.4, 0.5) is 28.4 Å². The van der Waals surface area contributed by atoms with E-state index < -0.39 is 0 Å². The summed E-state index contributed by atoms with van der Waals surface area (Å²) >= 11 is 0. The normalized spacial score (nSPS) is 15.3. The van der Waals surface area contributed by atoms with Crippen LogP contribution in [0.25, 0.3) is 55.3 Å². The second kappa shape index (κ2) is 12.5. The van der Waals surface area contributed by atoms with E-state index in [4.69, 9.17) is 0 Å². The van der Waals surface area contributed by atoms with E-state index in [1.54, 1.807) is 0 Å². The van der Waals surface area contributed by atoms with Gasteiger partial charge in [0.2, 0.25) is 0 Å². The molecule has 2 nitrogen and oxygen atoms in total. The Kier molecular flexibility index (Phi) is 7.18. The van der Waals surface area contributed by atoms with E-state index in [2.05, 4.69) is 226 Å². The largest absolute Gasteiger partial charge is 0.376 e. The van der Waals surface area contributed by atoms with Gasteiger partial charge in [-0.1, -0.05) is 173 Å². The van der Waals surface area contributed by atoms with E-state index in [0.29, 0.717) is 0 Å². The number of hydrogen-bond donors (Lipinski definition) is 0. The van der Waals surface area contributed by atoms with Crippen LogP contribution in [0.3, 0.4) is 0 Å². The summed E-state index contributed by atoms with van der Waals surface area (Å²) in [6, 6.07) is 69.2. The van der Waals surface area contributed by atoms with Crippen molar-refractivity contribution in [2.24, 2.45) is 0 Å². The van der Waals surface area contributed by atoms with Gasteiger partial charge >= 0.3 is 6.85 Å². The van der Waals surface area contributed by atoms with Gasteiger partial charge in [0.25, 0.3) is 0 Å². The summed E-state index contributed by atoms with van der Waals surface area (Å²) in [4.78, 5) is 5.30. The van der Waals surface area contributed by atoms with Gasteiger partial charge in [0, 0.05) is 50.2 Å². The van der Waals surface area contributed by atoms with Gasteiger partial charge in [-0.05, 0) is 126 Å². The summed E-state index contributed by atoms with van der Waals surface area (Å²) in [5.41, 5.74) is 25.8. The van der Waals surface area contributed by atoms with Crippen molar-refractivity contribution in [3.05, 3.63) is 210 Å². The van der Waals surface area contributed by atoms with Crippen molar-refractivity contribution in [3.8, 4) is 44.5 Å². The Hall–Kier alpha value is -7.10. The summed E-state index contributed by atoms with van der Waals surface area (Å²) in [6.45, 7) is 11.7. The van der Waals surface area contributed by atoms with Crippen molar-refractivity contribution in [3.63, 3.8) is 0 Å². The van der Waals surface area contributed by atoms with Crippen LogP contribution < -0.4 is 20.6 Å². The lowest BCUT2D eigenvalue weighted by molar-refractivity contribution is 0.660. The van der Waals surface area contributed by atoms with E-state index in [0.717, 1.165) is 5.69 Å². The molecule has 0 saturated carbocycles. The number of rotatable bonds is 3. The van der Waals surface area contributed by atoms with Crippen molar-refractivity contribution >= 4 is 57.0 Å². The third-order valence-electron chi connectivity index (χ3n) is 14.9. The lowest BCUT2D eigenvalue weighted by atomic mass is 9.43. The molecule has 0 spiro atoms. The fraction of sp³-hybridized carbons (Fsp3) is 0.119. The molecule has 9 aromatic carbocycles. The molecule has 0 aromatic heterocycles. The maximum Gasteiger partial charge on any atom is 0.333 e. The number of nitrogens with zero attached hydrogens (tertiary/aromatic N) is 2. The molecule has 0 atom stereocenters. The molecule has 0 saturated heterocycles. The molecule has 294 valence electrons. The van der Waals surface area contributed by atoms with Gasteiger partial charge in [0.1, 0.15) is 0 Å². The highest BCUT2D eigenvalue weighted by Crippen LogP contribution is 2.55. The molecule has 0 fully saturated rings. The van der Waals surface area contributed by atoms with Gasteiger partial charge in [-0.15, -0.1) is 0 Å². The molecule has 0 radical (unpaired) electrons. The zero-order valence-corrected chi connectivity index (χ0v) is 35.8. The van der Waals surface area contributed by atoms with E-state index in [-0.39, 0.29) is 17.7 Å². The lowest BCUT2D eigenvalue weighted by Crippen LogP contribution is -2.61. The number of benzene rings is 9. The van der Waals surface area contributed by atoms with Gasteiger partial charge in [0.15, 0.2) is 0 Å². The summed E-state index contributed by atoms with van der Waals surface area (Å²) in [6.07, 6.45) is 0. The smallest absolute Gasteiger partial charge is 0.333 e. The van der Waals surface area contributed by atoms with E-state index >= 15 is 0 Å². The summed E-state index contributed by atoms with van der Waals surface area (Å²) in [7, 11) is 0. The van der Waals surface area contributed by atoms with Crippen LogP contribution in [0.5, 0.6) is 0 Å². The summed E-state index contributed by atoms with van der Waals surface area (Å²) in [5, 5.41) is 2.52. The highest BCUT2D eigenvalue weighted by molar-refractivity contribution is 6.94. The van der Waals surface area contributed by atoms with E-state index in [9.17, 15) is 0 Å². The van der Waals surface area contributed by atoms with Crippen molar-refractivity contribution in [1.29, 1.82) is 0 Å². The second-order valence-electron chi connectivity index (χ2n) is 19.0. The Morgan fingerprint density at radius 2 is 1.03 bits per heavy atom. The fourth-order valence-electron chi connectivity index (χ4n) is 11.9. The average Bonchev–Trinajstić information content (AvgIpc) is 3.67. The van der Waals surface area contributed by atoms with Crippen molar-refractivity contribution in [2.45, 2.75) is 45.4 Å². The standard InChI is InChI=1S/C59H45BN2/c1-36-31-48-45-29-25-39-17-9-10-18-42(39)57(45)62(41-28-30-51-46(33-41)43-19-11-13-21-49(43)58(51,2)3)60-53-34-47-44-20-12-14-22-50(44)59(4,5)52(47)35-54(53)61(55(32-36)56(48)60)40-26-23-38(24-27-40)37-15-7-6-8-16-37/h6-35H,1-5H3. The molecule has 3 heteroatoms. The molecule has 2 heterocycles. The summed E-state index contributed by atoms with van der Waals surface area (Å²) in [5.74, 6) is 0. The zero-order valence-electron chi connectivity index (χ0n) is 35.8. The monoisotopic (exact) mass is 792 g/mol. The fourth-order valence-corrected chi connectivity index (χ4v) is 11.9. The Labute approximate surface area is 364 Å².